The number of hydrogen-bond donors (Lipinski definition) is 3. The highest BCUT2D eigenvalue weighted by molar-refractivity contribution is 9.10. The maximum atomic E-state index is 9.74. The lowest BCUT2D eigenvalue weighted by atomic mass is 10.1. The molecule has 0 aromatic heterocycles. The maximum absolute atomic E-state index is 9.74. The molecule has 84 valence electrons. The van der Waals surface area contributed by atoms with Gasteiger partial charge in [-0.25, -0.2) is 0 Å². The van der Waals surface area contributed by atoms with Crippen molar-refractivity contribution in [2.45, 2.75) is 6.10 Å². The normalized spacial score (nSPS) is 12.8. The van der Waals surface area contributed by atoms with Crippen LogP contribution in [0.5, 0.6) is 0 Å². The first-order valence-corrected chi connectivity index (χ1v) is 5.77. The monoisotopic (exact) mass is 293 g/mol. The van der Waals surface area contributed by atoms with Gasteiger partial charge < -0.3 is 15.5 Å². The Kier molecular flexibility index (Phi) is 5.56. The quantitative estimate of drug-likeness (QED) is 0.725. The minimum atomic E-state index is -0.609. The first kappa shape index (κ1) is 12.9. The standard InChI is InChI=1S/C10H13BrClNO2/c11-8-2-1-7(5-9(8)12)10(15)6-13-3-4-14/h1-2,5,10,13-15H,3-4,6H2/t10-/m0/s1. The van der Waals surface area contributed by atoms with Crippen LogP contribution in [0.4, 0.5) is 0 Å². The third-order valence-corrected chi connectivity index (χ3v) is 3.19. The largest absolute Gasteiger partial charge is 0.395 e. The Hall–Kier alpha value is -0.130. The van der Waals surface area contributed by atoms with Crippen molar-refractivity contribution in [2.75, 3.05) is 19.7 Å². The zero-order valence-corrected chi connectivity index (χ0v) is 10.4. The Morgan fingerprint density at radius 3 is 2.80 bits per heavy atom. The van der Waals surface area contributed by atoms with Crippen LogP contribution in [0.25, 0.3) is 0 Å². The molecule has 5 heteroatoms. The molecule has 1 aromatic rings. The van der Waals surface area contributed by atoms with E-state index in [0.29, 0.717) is 18.1 Å². The van der Waals surface area contributed by atoms with Crippen LogP contribution in [0.3, 0.4) is 0 Å². The fourth-order valence-corrected chi connectivity index (χ4v) is 1.59. The Morgan fingerprint density at radius 1 is 1.47 bits per heavy atom. The molecule has 0 saturated heterocycles. The summed E-state index contributed by atoms with van der Waals surface area (Å²) in [4.78, 5) is 0. The highest BCUT2D eigenvalue weighted by Crippen LogP contribution is 2.25. The zero-order chi connectivity index (χ0) is 11.3. The van der Waals surface area contributed by atoms with Crippen LogP contribution in [-0.2, 0) is 0 Å². The van der Waals surface area contributed by atoms with E-state index in [1.807, 2.05) is 0 Å². The van der Waals surface area contributed by atoms with E-state index >= 15 is 0 Å². The lowest BCUT2D eigenvalue weighted by molar-refractivity contribution is 0.171. The van der Waals surface area contributed by atoms with Crippen molar-refractivity contribution in [1.82, 2.24) is 5.32 Å². The number of hydrogen-bond acceptors (Lipinski definition) is 3. The van der Waals surface area contributed by atoms with E-state index in [4.69, 9.17) is 16.7 Å². The van der Waals surface area contributed by atoms with Gasteiger partial charge in [0, 0.05) is 17.6 Å². The van der Waals surface area contributed by atoms with Crippen molar-refractivity contribution in [1.29, 1.82) is 0 Å². The van der Waals surface area contributed by atoms with Crippen molar-refractivity contribution in [3.05, 3.63) is 33.3 Å². The molecule has 0 spiro atoms. The molecule has 3 nitrogen and oxygen atoms in total. The number of rotatable bonds is 5. The number of nitrogens with one attached hydrogen (secondary N) is 1. The van der Waals surface area contributed by atoms with Gasteiger partial charge in [0.25, 0.3) is 0 Å². The van der Waals surface area contributed by atoms with Gasteiger partial charge in [-0.05, 0) is 33.6 Å². The molecular weight excluding hydrogens is 281 g/mol. The maximum Gasteiger partial charge on any atom is 0.0914 e. The van der Waals surface area contributed by atoms with Crippen LogP contribution in [0.1, 0.15) is 11.7 Å². The lowest BCUT2D eigenvalue weighted by Crippen LogP contribution is -2.24. The Balaban J connectivity index is 2.57. The molecule has 0 aliphatic carbocycles. The number of aliphatic hydroxyl groups is 2. The highest BCUT2D eigenvalue weighted by Gasteiger charge is 2.08. The van der Waals surface area contributed by atoms with Crippen molar-refractivity contribution in [3.63, 3.8) is 0 Å². The van der Waals surface area contributed by atoms with Gasteiger partial charge in [0.1, 0.15) is 0 Å². The van der Waals surface area contributed by atoms with Gasteiger partial charge in [0.2, 0.25) is 0 Å². The molecule has 0 aliphatic rings. The van der Waals surface area contributed by atoms with Crippen LogP contribution in [0.2, 0.25) is 5.02 Å². The van der Waals surface area contributed by atoms with E-state index < -0.39 is 6.10 Å². The summed E-state index contributed by atoms with van der Waals surface area (Å²) in [5.41, 5.74) is 0.758. The molecule has 0 bridgehead atoms. The predicted molar refractivity (Wildman–Crippen MR) is 64.1 cm³/mol. The van der Waals surface area contributed by atoms with Gasteiger partial charge in [-0.15, -0.1) is 0 Å². The average molecular weight is 295 g/mol. The molecule has 1 atom stereocenters. The second-order valence-electron chi connectivity index (χ2n) is 3.12. The summed E-state index contributed by atoms with van der Waals surface area (Å²) in [5, 5.41) is 21.8. The zero-order valence-electron chi connectivity index (χ0n) is 8.08. The summed E-state index contributed by atoms with van der Waals surface area (Å²) in [6.07, 6.45) is -0.609. The first-order chi connectivity index (χ1) is 7.15. The van der Waals surface area contributed by atoms with Gasteiger partial charge in [0.15, 0.2) is 0 Å². The van der Waals surface area contributed by atoms with Crippen molar-refractivity contribution < 1.29 is 10.2 Å². The van der Waals surface area contributed by atoms with Crippen LogP contribution >= 0.6 is 27.5 Å². The molecule has 0 heterocycles. The summed E-state index contributed by atoms with van der Waals surface area (Å²) < 4.78 is 0.809. The van der Waals surface area contributed by atoms with Gasteiger partial charge in [0.05, 0.1) is 17.7 Å². The fraction of sp³-hybridized carbons (Fsp3) is 0.400. The van der Waals surface area contributed by atoms with Gasteiger partial charge >= 0.3 is 0 Å². The summed E-state index contributed by atoms with van der Waals surface area (Å²) in [6.45, 7) is 0.938. The molecule has 0 saturated carbocycles. The molecule has 0 amide bonds. The van der Waals surface area contributed by atoms with E-state index in [1.54, 1.807) is 18.2 Å². The summed E-state index contributed by atoms with van der Waals surface area (Å²) in [7, 11) is 0. The summed E-state index contributed by atoms with van der Waals surface area (Å²) in [6, 6.07) is 5.32. The van der Waals surface area contributed by atoms with E-state index in [2.05, 4.69) is 21.2 Å². The van der Waals surface area contributed by atoms with Gasteiger partial charge in [-0.2, -0.15) is 0 Å². The van der Waals surface area contributed by atoms with E-state index in [1.165, 1.54) is 0 Å². The molecular formula is C10H13BrClNO2. The minimum absolute atomic E-state index is 0.0633. The molecule has 15 heavy (non-hydrogen) atoms. The third kappa shape index (κ3) is 4.09. The van der Waals surface area contributed by atoms with E-state index in [9.17, 15) is 5.11 Å². The molecule has 0 aliphatic heterocycles. The van der Waals surface area contributed by atoms with Gasteiger partial charge in [-0.3, -0.25) is 0 Å². The number of aliphatic hydroxyl groups excluding tert-OH is 2. The Bertz CT molecular complexity index is 322. The second kappa shape index (κ2) is 6.45. The Labute approximate surface area is 102 Å². The molecule has 1 rings (SSSR count). The molecule has 3 N–H and O–H groups in total. The van der Waals surface area contributed by atoms with E-state index in [0.717, 1.165) is 10.0 Å². The predicted octanol–water partition coefficient (Wildman–Crippen LogP) is 1.72. The molecule has 1 aromatic carbocycles. The number of benzene rings is 1. The smallest absolute Gasteiger partial charge is 0.0914 e. The van der Waals surface area contributed by atoms with Crippen LogP contribution in [0.15, 0.2) is 22.7 Å². The van der Waals surface area contributed by atoms with Gasteiger partial charge in [-0.1, -0.05) is 17.7 Å². The van der Waals surface area contributed by atoms with Crippen molar-refractivity contribution >= 4 is 27.5 Å². The topological polar surface area (TPSA) is 52.5 Å². The van der Waals surface area contributed by atoms with Crippen molar-refractivity contribution in [2.24, 2.45) is 0 Å². The molecule has 0 fully saturated rings. The Morgan fingerprint density at radius 2 is 2.20 bits per heavy atom. The molecule has 0 radical (unpaired) electrons. The number of halogens is 2. The van der Waals surface area contributed by atoms with Crippen LogP contribution in [0, 0.1) is 0 Å². The average Bonchev–Trinajstić information content (AvgIpc) is 2.22. The fourth-order valence-electron chi connectivity index (χ4n) is 1.16. The SMILES string of the molecule is OCCNC[C@H](O)c1ccc(Br)c(Cl)c1. The van der Waals surface area contributed by atoms with Crippen molar-refractivity contribution in [3.8, 4) is 0 Å². The summed E-state index contributed by atoms with van der Waals surface area (Å²) >= 11 is 9.18. The van der Waals surface area contributed by atoms with Crippen LogP contribution < -0.4 is 5.32 Å². The molecule has 0 unspecified atom stereocenters. The lowest BCUT2D eigenvalue weighted by Gasteiger charge is -2.12. The second-order valence-corrected chi connectivity index (χ2v) is 4.38. The summed E-state index contributed by atoms with van der Waals surface area (Å²) in [5.74, 6) is 0. The van der Waals surface area contributed by atoms with Crippen LogP contribution in [-0.4, -0.2) is 29.9 Å². The van der Waals surface area contributed by atoms with E-state index in [-0.39, 0.29) is 6.61 Å². The first-order valence-electron chi connectivity index (χ1n) is 4.59. The minimum Gasteiger partial charge on any atom is -0.395 e. The third-order valence-electron chi connectivity index (χ3n) is 1.95. The highest BCUT2D eigenvalue weighted by atomic mass is 79.9.